The summed E-state index contributed by atoms with van der Waals surface area (Å²) in [6, 6.07) is 10.0. The highest BCUT2D eigenvalue weighted by Crippen LogP contribution is 2.26. The third kappa shape index (κ3) is 3.61. The van der Waals surface area contributed by atoms with Gasteiger partial charge in [0.1, 0.15) is 0 Å². The van der Waals surface area contributed by atoms with Crippen LogP contribution >= 0.6 is 11.8 Å². The Balaban J connectivity index is 2.02. The number of rotatable bonds is 4. The Morgan fingerprint density at radius 3 is 2.65 bits per heavy atom. The van der Waals surface area contributed by atoms with Crippen LogP contribution in [0.3, 0.4) is 0 Å². The van der Waals surface area contributed by atoms with E-state index in [4.69, 9.17) is 0 Å². The second-order valence-corrected chi connectivity index (χ2v) is 5.60. The van der Waals surface area contributed by atoms with Gasteiger partial charge in [-0.25, -0.2) is 4.79 Å². The fraction of sp³-hybridized carbons (Fsp3) is 0.250. The number of nitrogens with zero attached hydrogens (tertiary/aromatic N) is 1. The van der Waals surface area contributed by atoms with Gasteiger partial charge in [0, 0.05) is 16.8 Å². The van der Waals surface area contributed by atoms with Gasteiger partial charge < -0.3 is 4.74 Å². The Bertz CT molecular complexity index is 608. The minimum Gasteiger partial charge on any atom is -0.465 e. The van der Waals surface area contributed by atoms with Crippen molar-refractivity contribution in [3.05, 3.63) is 58.9 Å². The van der Waals surface area contributed by atoms with Crippen molar-refractivity contribution in [3.63, 3.8) is 0 Å². The molecule has 2 aromatic rings. The van der Waals surface area contributed by atoms with E-state index in [-0.39, 0.29) is 5.97 Å². The highest BCUT2D eigenvalue weighted by atomic mass is 32.2. The van der Waals surface area contributed by atoms with Gasteiger partial charge in [0.15, 0.2) is 0 Å². The summed E-state index contributed by atoms with van der Waals surface area (Å²) in [4.78, 5) is 16.9. The Hall–Kier alpha value is -1.81. The first kappa shape index (κ1) is 14.6. The molecule has 0 unspecified atom stereocenters. The molecule has 1 aromatic carbocycles. The molecule has 0 amide bonds. The molecule has 0 saturated heterocycles. The first-order chi connectivity index (χ1) is 9.60. The average molecular weight is 287 g/mol. The van der Waals surface area contributed by atoms with Gasteiger partial charge >= 0.3 is 5.97 Å². The molecule has 0 fully saturated rings. The van der Waals surface area contributed by atoms with E-state index in [1.54, 1.807) is 24.0 Å². The van der Waals surface area contributed by atoms with Gasteiger partial charge in [0.25, 0.3) is 0 Å². The molecule has 20 heavy (non-hydrogen) atoms. The number of hydrogen-bond acceptors (Lipinski definition) is 4. The van der Waals surface area contributed by atoms with Crippen molar-refractivity contribution in [2.24, 2.45) is 0 Å². The zero-order valence-electron chi connectivity index (χ0n) is 11.8. The number of pyridine rings is 1. The van der Waals surface area contributed by atoms with Crippen LogP contribution in [0.15, 0.2) is 41.4 Å². The van der Waals surface area contributed by atoms with Crippen molar-refractivity contribution in [1.82, 2.24) is 4.98 Å². The largest absolute Gasteiger partial charge is 0.465 e. The van der Waals surface area contributed by atoms with Gasteiger partial charge in [-0.3, -0.25) is 4.98 Å². The lowest BCUT2D eigenvalue weighted by molar-refractivity contribution is 0.0600. The van der Waals surface area contributed by atoms with Crippen LogP contribution in [-0.2, 0) is 10.5 Å². The molecule has 0 aliphatic rings. The van der Waals surface area contributed by atoms with E-state index in [0.29, 0.717) is 5.56 Å². The molecule has 0 aliphatic heterocycles. The molecule has 0 bridgehead atoms. The molecule has 0 atom stereocenters. The normalized spacial score (nSPS) is 10.3. The first-order valence-corrected chi connectivity index (χ1v) is 7.32. The molecule has 4 heteroatoms. The summed E-state index contributed by atoms with van der Waals surface area (Å²) in [7, 11) is 1.37. The quantitative estimate of drug-likeness (QED) is 0.634. The van der Waals surface area contributed by atoms with E-state index in [1.165, 1.54) is 23.1 Å². The topological polar surface area (TPSA) is 39.2 Å². The average Bonchev–Trinajstić information content (AvgIpc) is 2.46. The van der Waals surface area contributed by atoms with Crippen LogP contribution in [0.5, 0.6) is 0 Å². The zero-order chi connectivity index (χ0) is 14.5. The predicted octanol–water partition coefficient (Wildman–Crippen LogP) is 3.78. The number of thioether (sulfide) groups is 1. The highest BCUT2D eigenvalue weighted by molar-refractivity contribution is 7.98. The minimum absolute atomic E-state index is 0.355. The second-order valence-electron chi connectivity index (χ2n) is 4.59. The van der Waals surface area contributed by atoms with Crippen LogP contribution in [0.25, 0.3) is 0 Å². The first-order valence-electron chi connectivity index (χ1n) is 6.33. The van der Waals surface area contributed by atoms with Crippen molar-refractivity contribution in [1.29, 1.82) is 0 Å². The minimum atomic E-state index is -0.355. The zero-order valence-corrected chi connectivity index (χ0v) is 12.7. The molecule has 0 aliphatic carbocycles. The molecule has 1 aromatic heterocycles. The van der Waals surface area contributed by atoms with Crippen molar-refractivity contribution in [2.75, 3.05) is 7.11 Å². The Kier molecular flexibility index (Phi) is 4.79. The van der Waals surface area contributed by atoms with Gasteiger partial charge in [-0.1, -0.05) is 17.7 Å². The molecule has 0 radical (unpaired) electrons. The predicted molar refractivity (Wildman–Crippen MR) is 81.1 cm³/mol. The highest BCUT2D eigenvalue weighted by Gasteiger charge is 2.06. The van der Waals surface area contributed by atoms with Gasteiger partial charge in [-0.05, 0) is 37.6 Å². The summed E-state index contributed by atoms with van der Waals surface area (Å²) in [5, 5.41) is 0. The summed E-state index contributed by atoms with van der Waals surface area (Å²) >= 11 is 1.75. The third-order valence-electron chi connectivity index (χ3n) is 2.95. The van der Waals surface area contributed by atoms with Crippen LogP contribution < -0.4 is 0 Å². The van der Waals surface area contributed by atoms with Gasteiger partial charge in [-0.15, -0.1) is 11.8 Å². The number of methoxy groups -OCH3 is 1. The fourth-order valence-electron chi connectivity index (χ4n) is 1.86. The molecule has 0 N–H and O–H groups in total. The van der Waals surface area contributed by atoms with Gasteiger partial charge in [-0.2, -0.15) is 0 Å². The van der Waals surface area contributed by atoms with E-state index < -0.39 is 0 Å². The van der Waals surface area contributed by atoms with Gasteiger partial charge in [0.2, 0.25) is 0 Å². The molecule has 0 spiro atoms. The second kappa shape index (κ2) is 6.57. The fourth-order valence-corrected chi connectivity index (χ4v) is 2.79. The van der Waals surface area contributed by atoms with Crippen LogP contribution in [0.1, 0.15) is 27.2 Å². The van der Waals surface area contributed by atoms with Gasteiger partial charge in [0.05, 0.1) is 18.4 Å². The van der Waals surface area contributed by atoms with Crippen LogP contribution in [0.2, 0.25) is 0 Å². The summed E-state index contributed by atoms with van der Waals surface area (Å²) < 4.78 is 4.65. The number of aryl methyl sites for hydroxylation is 2. The number of ether oxygens (including phenoxy) is 1. The van der Waals surface area contributed by atoms with E-state index in [1.807, 2.05) is 6.07 Å². The Morgan fingerprint density at radius 1 is 1.25 bits per heavy atom. The van der Waals surface area contributed by atoms with E-state index in [2.05, 4.69) is 41.8 Å². The van der Waals surface area contributed by atoms with Crippen LogP contribution in [-0.4, -0.2) is 18.1 Å². The van der Waals surface area contributed by atoms with E-state index in [0.717, 1.165) is 11.4 Å². The molecule has 2 rings (SSSR count). The summed E-state index contributed by atoms with van der Waals surface area (Å²) in [5.74, 6) is 0.428. The summed E-state index contributed by atoms with van der Waals surface area (Å²) in [5.41, 5.74) is 3.98. The number of aromatic nitrogens is 1. The maximum absolute atomic E-state index is 11.3. The van der Waals surface area contributed by atoms with Crippen LogP contribution in [0, 0.1) is 13.8 Å². The van der Waals surface area contributed by atoms with Crippen molar-refractivity contribution in [3.8, 4) is 0 Å². The standard InChI is InChI=1S/C16H17NO2S/c1-11-4-7-15(12(2)8-11)20-10-14-6-5-13(9-17-14)16(18)19-3/h4-9H,10H2,1-3H3. The smallest absolute Gasteiger partial charge is 0.339 e. The summed E-state index contributed by atoms with van der Waals surface area (Å²) in [6.07, 6.45) is 1.56. The number of carbonyl (C=O) groups excluding carboxylic acids is 1. The molecule has 0 saturated carbocycles. The molecular weight excluding hydrogens is 270 g/mol. The van der Waals surface area contributed by atoms with Crippen molar-refractivity contribution < 1.29 is 9.53 Å². The van der Waals surface area contributed by atoms with Crippen LogP contribution in [0.4, 0.5) is 0 Å². The van der Waals surface area contributed by atoms with E-state index >= 15 is 0 Å². The Labute approximate surface area is 123 Å². The number of hydrogen-bond donors (Lipinski definition) is 0. The lowest BCUT2D eigenvalue weighted by Crippen LogP contribution is -2.02. The summed E-state index contributed by atoms with van der Waals surface area (Å²) in [6.45, 7) is 4.21. The monoisotopic (exact) mass is 287 g/mol. The van der Waals surface area contributed by atoms with Crippen molar-refractivity contribution >= 4 is 17.7 Å². The molecule has 3 nitrogen and oxygen atoms in total. The maximum atomic E-state index is 11.3. The third-order valence-corrected chi connectivity index (χ3v) is 4.16. The Morgan fingerprint density at radius 2 is 2.05 bits per heavy atom. The van der Waals surface area contributed by atoms with Crippen molar-refractivity contribution in [2.45, 2.75) is 24.5 Å². The van der Waals surface area contributed by atoms with E-state index in [9.17, 15) is 4.79 Å². The maximum Gasteiger partial charge on any atom is 0.339 e. The molecule has 1 heterocycles. The lowest BCUT2D eigenvalue weighted by atomic mass is 10.2. The number of benzene rings is 1. The number of esters is 1. The molecule has 104 valence electrons. The molecular formula is C16H17NO2S. The lowest BCUT2D eigenvalue weighted by Gasteiger charge is -2.06. The number of carbonyl (C=O) groups is 1. The SMILES string of the molecule is COC(=O)c1ccc(CSc2ccc(C)cc2C)nc1.